The molecule has 1 aliphatic rings. The van der Waals surface area contributed by atoms with Crippen LogP contribution < -0.4 is 0 Å². The molecular formula is C22H16N2. The van der Waals surface area contributed by atoms with E-state index in [1.54, 1.807) is 0 Å². The van der Waals surface area contributed by atoms with Gasteiger partial charge in [0.25, 0.3) is 0 Å². The molecule has 0 aliphatic carbocycles. The van der Waals surface area contributed by atoms with Gasteiger partial charge in [0.05, 0.1) is 5.69 Å². The normalized spacial score (nSPS) is 12.0. The molecule has 0 amide bonds. The fraction of sp³-hybridized carbons (Fsp3) is 0.0455. The average Bonchev–Trinajstić information content (AvgIpc) is 3.21. The Morgan fingerprint density at radius 2 is 1.33 bits per heavy atom. The first kappa shape index (κ1) is 13.3. The quantitative estimate of drug-likeness (QED) is 0.436. The van der Waals surface area contributed by atoms with E-state index < -0.39 is 0 Å². The molecule has 0 fully saturated rings. The summed E-state index contributed by atoms with van der Waals surface area (Å²) < 4.78 is 2.24. The highest BCUT2D eigenvalue weighted by molar-refractivity contribution is 5.72. The number of imidazole rings is 1. The summed E-state index contributed by atoms with van der Waals surface area (Å²) in [4.78, 5) is 4.87. The van der Waals surface area contributed by atoms with Crippen molar-refractivity contribution < 1.29 is 0 Å². The standard InChI is InChI=1S/C22H16N2/c1-2-6-16(7-3-1)17-10-12-18(13-11-17)21-15-24-14-19-8-4-5-9-20(19)22(24)23-21/h1-13,15H,14H2. The largest absolute Gasteiger partial charge is 0.326 e. The number of fused-ring (bicyclic) bond motifs is 3. The Hall–Kier alpha value is -3.13. The van der Waals surface area contributed by atoms with E-state index >= 15 is 0 Å². The highest BCUT2D eigenvalue weighted by Gasteiger charge is 2.20. The molecule has 5 rings (SSSR count). The van der Waals surface area contributed by atoms with Gasteiger partial charge in [0.15, 0.2) is 0 Å². The van der Waals surface area contributed by atoms with Crippen LogP contribution in [0, 0.1) is 0 Å². The van der Waals surface area contributed by atoms with Crippen LogP contribution >= 0.6 is 0 Å². The van der Waals surface area contributed by atoms with Crippen LogP contribution in [0.25, 0.3) is 33.8 Å². The number of nitrogens with zero attached hydrogens (tertiary/aromatic N) is 2. The van der Waals surface area contributed by atoms with Crippen LogP contribution in [0.2, 0.25) is 0 Å². The first-order valence-electron chi connectivity index (χ1n) is 8.20. The SMILES string of the molecule is c1ccc(-c2ccc(-c3cn4c(n3)-c3ccccc3C4)cc2)cc1. The summed E-state index contributed by atoms with van der Waals surface area (Å²) in [7, 11) is 0. The predicted octanol–water partition coefficient (Wildman–Crippen LogP) is 5.25. The number of rotatable bonds is 2. The van der Waals surface area contributed by atoms with Gasteiger partial charge in [-0.15, -0.1) is 0 Å². The molecule has 0 atom stereocenters. The van der Waals surface area contributed by atoms with Gasteiger partial charge in [0.2, 0.25) is 0 Å². The van der Waals surface area contributed by atoms with E-state index in [1.165, 1.54) is 22.3 Å². The van der Waals surface area contributed by atoms with E-state index in [4.69, 9.17) is 4.98 Å². The highest BCUT2D eigenvalue weighted by atomic mass is 15.1. The molecule has 0 saturated carbocycles. The van der Waals surface area contributed by atoms with Crippen molar-refractivity contribution >= 4 is 0 Å². The van der Waals surface area contributed by atoms with Gasteiger partial charge < -0.3 is 4.57 Å². The van der Waals surface area contributed by atoms with E-state index in [1.807, 2.05) is 6.07 Å². The van der Waals surface area contributed by atoms with Gasteiger partial charge in [-0.25, -0.2) is 4.98 Å². The first-order valence-corrected chi connectivity index (χ1v) is 8.20. The van der Waals surface area contributed by atoms with Crippen LogP contribution in [-0.2, 0) is 6.54 Å². The van der Waals surface area contributed by atoms with Gasteiger partial charge in [-0.3, -0.25) is 0 Å². The zero-order chi connectivity index (χ0) is 15.9. The minimum absolute atomic E-state index is 0.917. The summed E-state index contributed by atoms with van der Waals surface area (Å²) in [6, 6.07) is 27.6. The van der Waals surface area contributed by atoms with E-state index in [9.17, 15) is 0 Å². The van der Waals surface area contributed by atoms with Gasteiger partial charge in [0.1, 0.15) is 5.82 Å². The maximum atomic E-state index is 4.87. The minimum Gasteiger partial charge on any atom is -0.326 e. The lowest BCUT2D eigenvalue weighted by Gasteiger charge is -2.03. The van der Waals surface area contributed by atoms with Crippen molar-refractivity contribution in [1.29, 1.82) is 0 Å². The molecule has 4 aromatic rings. The molecule has 2 heteroatoms. The molecule has 0 bridgehead atoms. The fourth-order valence-electron chi connectivity index (χ4n) is 3.41. The molecule has 0 N–H and O–H groups in total. The number of aromatic nitrogens is 2. The summed E-state index contributed by atoms with van der Waals surface area (Å²) in [6.07, 6.45) is 2.16. The summed E-state index contributed by atoms with van der Waals surface area (Å²) in [5.74, 6) is 1.08. The molecule has 114 valence electrons. The molecule has 0 spiro atoms. The zero-order valence-electron chi connectivity index (χ0n) is 13.2. The third-order valence-corrected chi connectivity index (χ3v) is 4.66. The van der Waals surface area contributed by atoms with E-state index in [0.29, 0.717) is 0 Å². The Kier molecular flexibility index (Phi) is 2.89. The zero-order valence-corrected chi connectivity index (χ0v) is 13.2. The van der Waals surface area contributed by atoms with Crippen LogP contribution in [0.15, 0.2) is 85.1 Å². The summed E-state index contributed by atoms with van der Waals surface area (Å²) >= 11 is 0. The van der Waals surface area contributed by atoms with Crippen LogP contribution in [0.1, 0.15) is 5.56 Å². The molecule has 1 aliphatic heterocycles. The van der Waals surface area contributed by atoms with E-state index in [2.05, 4.69) is 83.6 Å². The molecular weight excluding hydrogens is 292 g/mol. The maximum absolute atomic E-state index is 4.87. The summed E-state index contributed by atoms with van der Waals surface area (Å²) in [6.45, 7) is 0.917. The fourth-order valence-corrected chi connectivity index (χ4v) is 3.41. The topological polar surface area (TPSA) is 17.8 Å². The van der Waals surface area contributed by atoms with Crippen LogP contribution in [-0.4, -0.2) is 9.55 Å². The van der Waals surface area contributed by atoms with Crippen molar-refractivity contribution in [2.75, 3.05) is 0 Å². The van der Waals surface area contributed by atoms with Crippen LogP contribution in [0.3, 0.4) is 0 Å². The van der Waals surface area contributed by atoms with Crippen molar-refractivity contribution in [2.24, 2.45) is 0 Å². The average molecular weight is 308 g/mol. The minimum atomic E-state index is 0.917. The number of benzene rings is 3. The van der Waals surface area contributed by atoms with Crippen LogP contribution in [0.5, 0.6) is 0 Å². The van der Waals surface area contributed by atoms with Gasteiger partial charge in [-0.1, -0.05) is 78.9 Å². The number of hydrogen-bond donors (Lipinski definition) is 0. The lowest BCUT2D eigenvalue weighted by molar-refractivity contribution is 0.848. The van der Waals surface area contributed by atoms with Crippen molar-refractivity contribution in [3.63, 3.8) is 0 Å². The third-order valence-electron chi connectivity index (χ3n) is 4.66. The monoisotopic (exact) mass is 308 g/mol. The molecule has 0 saturated heterocycles. The lowest BCUT2D eigenvalue weighted by atomic mass is 10.0. The van der Waals surface area contributed by atoms with Crippen molar-refractivity contribution in [2.45, 2.75) is 6.54 Å². The molecule has 2 nitrogen and oxygen atoms in total. The molecule has 3 aromatic carbocycles. The Labute approximate surface area is 141 Å². The Morgan fingerprint density at radius 3 is 2.17 bits per heavy atom. The van der Waals surface area contributed by atoms with Gasteiger partial charge in [-0.2, -0.15) is 0 Å². The molecule has 0 unspecified atom stereocenters. The van der Waals surface area contributed by atoms with Crippen molar-refractivity contribution in [1.82, 2.24) is 9.55 Å². The Morgan fingerprint density at radius 1 is 0.667 bits per heavy atom. The van der Waals surface area contributed by atoms with E-state index in [-0.39, 0.29) is 0 Å². The summed E-state index contributed by atoms with van der Waals surface area (Å²) in [5.41, 5.74) is 7.28. The second-order valence-electron chi connectivity index (χ2n) is 6.18. The summed E-state index contributed by atoms with van der Waals surface area (Å²) in [5, 5.41) is 0. The lowest BCUT2D eigenvalue weighted by Crippen LogP contribution is -1.89. The Balaban J connectivity index is 1.51. The van der Waals surface area contributed by atoms with Crippen molar-refractivity contribution in [3.8, 4) is 33.8 Å². The van der Waals surface area contributed by atoms with Gasteiger partial charge >= 0.3 is 0 Å². The third kappa shape index (κ3) is 2.08. The first-order chi connectivity index (χ1) is 11.9. The van der Waals surface area contributed by atoms with Crippen LogP contribution in [0.4, 0.5) is 0 Å². The Bertz CT molecular complexity index is 1010. The van der Waals surface area contributed by atoms with Gasteiger partial charge in [0, 0.05) is 23.9 Å². The second-order valence-corrected chi connectivity index (χ2v) is 6.18. The van der Waals surface area contributed by atoms with Gasteiger partial charge in [-0.05, 0) is 16.7 Å². The predicted molar refractivity (Wildman–Crippen MR) is 97.6 cm³/mol. The second kappa shape index (κ2) is 5.20. The maximum Gasteiger partial charge on any atom is 0.141 e. The molecule has 1 aromatic heterocycles. The smallest absolute Gasteiger partial charge is 0.141 e. The number of hydrogen-bond acceptors (Lipinski definition) is 1. The highest BCUT2D eigenvalue weighted by Crippen LogP contribution is 2.33. The molecule has 24 heavy (non-hydrogen) atoms. The van der Waals surface area contributed by atoms with E-state index in [0.717, 1.165) is 23.6 Å². The molecule has 2 heterocycles. The molecule has 0 radical (unpaired) electrons. The van der Waals surface area contributed by atoms with Crippen molar-refractivity contribution in [3.05, 3.63) is 90.6 Å².